The maximum Gasteiger partial charge on any atom is 0.224 e. The van der Waals surface area contributed by atoms with Crippen molar-refractivity contribution in [1.29, 1.82) is 0 Å². The molecule has 4 heteroatoms. The predicted molar refractivity (Wildman–Crippen MR) is 74.8 cm³/mol. The van der Waals surface area contributed by atoms with E-state index in [9.17, 15) is 4.79 Å². The molecule has 0 aliphatic carbocycles. The van der Waals surface area contributed by atoms with Crippen molar-refractivity contribution in [3.05, 3.63) is 52.0 Å². The van der Waals surface area contributed by atoms with Crippen LogP contribution in [0.1, 0.15) is 12.2 Å². The molecular formula is C13H12INO2. The summed E-state index contributed by atoms with van der Waals surface area (Å²) >= 11 is 2.20. The Bertz CT molecular complexity index is 494. The number of hydrogen-bond donors (Lipinski definition) is 1. The van der Waals surface area contributed by atoms with E-state index in [-0.39, 0.29) is 5.91 Å². The summed E-state index contributed by atoms with van der Waals surface area (Å²) in [7, 11) is 0. The Balaban J connectivity index is 1.87. The largest absolute Gasteiger partial charge is 0.469 e. The molecule has 0 bridgehead atoms. The van der Waals surface area contributed by atoms with Gasteiger partial charge in [0.2, 0.25) is 5.91 Å². The molecular weight excluding hydrogens is 329 g/mol. The lowest BCUT2D eigenvalue weighted by Crippen LogP contribution is -2.12. The number of anilines is 1. The van der Waals surface area contributed by atoms with Crippen LogP contribution in [0.3, 0.4) is 0 Å². The maximum absolute atomic E-state index is 11.7. The van der Waals surface area contributed by atoms with Crippen LogP contribution in [0.15, 0.2) is 47.1 Å². The highest BCUT2D eigenvalue weighted by Gasteiger charge is 2.06. The lowest BCUT2D eigenvalue weighted by molar-refractivity contribution is -0.116. The van der Waals surface area contributed by atoms with Crippen LogP contribution in [0.2, 0.25) is 0 Å². The van der Waals surface area contributed by atoms with Crippen molar-refractivity contribution in [2.75, 3.05) is 5.32 Å². The number of amides is 1. The Labute approximate surface area is 113 Å². The standard InChI is InChI=1S/C13H12INO2/c14-11-5-1-2-6-12(11)15-13(16)8-7-10-4-3-9-17-10/h1-6,9H,7-8H2,(H,15,16). The molecule has 88 valence electrons. The number of carbonyl (C=O) groups is 1. The minimum Gasteiger partial charge on any atom is -0.469 e. The summed E-state index contributed by atoms with van der Waals surface area (Å²) in [5.41, 5.74) is 0.859. The number of nitrogens with one attached hydrogen (secondary N) is 1. The molecule has 1 heterocycles. The van der Waals surface area contributed by atoms with E-state index in [1.165, 1.54) is 0 Å². The molecule has 0 unspecified atom stereocenters. The van der Waals surface area contributed by atoms with E-state index in [1.807, 2.05) is 36.4 Å². The summed E-state index contributed by atoms with van der Waals surface area (Å²) in [5.74, 6) is 0.841. The van der Waals surface area contributed by atoms with Crippen molar-refractivity contribution in [3.63, 3.8) is 0 Å². The van der Waals surface area contributed by atoms with Gasteiger partial charge in [-0.25, -0.2) is 0 Å². The lowest BCUT2D eigenvalue weighted by Gasteiger charge is -2.06. The summed E-state index contributed by atoms with van der Waals surface area (Å²) in [6.07, 6.45) is 2.67. The summed E-state index contributed by atoms with van der Waals surface area (Å²) < 4.78 is 6.21. The van der Waals surface area contributed by atoms with Crippen LogP contribution in [-0.2, 0) is 11.2 Å². The van der Waals surface area contributed by atoms with Crippen molar-refractivity contribution in [2.24, 2.45) is 0 Å². The molecule has 0 spiro atoms. The average Bonchev–Trinajstić information content (AvgIpc) is 2.82. The van der Waals surface area contributed by atoms with E-state index in [2.05, 4.69) is 27.9 Å². The molecule has 0 aliphatic rings. The molecule has 2 rings (SSSR count). The molecule has 17 heavy (non-hydrogen) atoms. The maximum atomic E-state index is 11.7. The summed E-state index contributed by atoms with van der Waals surface area (Å²) in [6, 6.07) is 11.4. The Morgan fingerprint density at radius 2 is 2.06 bits per heavy atom. The number of para-hydroxylation sites is 1. The van der Waals surface area contributed by atoms with Gasteiger partial charge in [0.1, 0.15) is 5.76 Å². The monoisotopic (exact) mass is 341 g/mol. The van der Waals surface area contributed by atoms with Crippen LogP contribution in [0.25, 0.3) is 0 Å². The quantitative estimate of drug-likeness (QED) is 0.866. The van der Waals surface area contributed by atoms with Gasteiger partial charge in [-0.3, -0.25) is 4.79 Å². The van der Waals surface area contributed by atoms with E-state index >= 15 is 0 Å². The van der Waals surface area contributed by atoms with Crippen molar-refractivity contribution < 1.29 is 9.21 Å². The predicted octanol–water partition coefficient (Wildman–Crippen LogP) is 3.46. The SMILES string of the molecule is O=C(CCc1ccco1)Nc1ccccc1I. The van der Waals surface area contributed by atoms with Crippen LogP contribution in [0.5, 0.6) is 0 Å². The zero-order valence-corrected chi connectivity index (χ0v) is 11.3. The molecule has 0 aliphatic heterocycles. The first-order chi connectivity index (χ1) is 8.25. The first kappa shape index (κ1) is 12.2. The highest BCUT2D eigenvalue weighted by molar-refractivity contribution is 14.1. The fraction of sp³-hybridized carbons (Fsp3) is 0.154. The van der Waals surface area contributed by atoms with Crippen molar-refractivity contribution >= 4 is 34.2 Å². The van der Waals surface area contributed by atoms with E-state index in [4.69, 9.17) is 4.42 Å². The van der Waals surface area contributed by atoms with Gasteiger partial charge in [-0.05, 0) is 46.9 Å². The Morgan fingerprint density at radius 3 is 2.76 bits per heavy atom. The first-order valence-corrected chi connectivity index (χ1v) is 6.40. The van der Waals surface area contributed by atoms with Crippen LogP contribution < -0.4 is 5.32 Å². The Hall–Kier alpha value is -1.30. The van der Waals surface area contributed by atoms with Crippen LogP contribution in [-0.4, -0.2) is 5.91 Å². The molecule has 0 saturated carbocycles. The molecule has 1 amide bonds. The third-order valence-electron chi connectivity index (χ3n) is 2.33. The minimum atomic E-state index is 0.00511. The number of halogens is 1. The smallest absolute Gasteiger partial charge is 0.224 e. The number of rotatable bonds is 4. The number of aryl methyl sites for hydroxylation is 1. The third kappa shape index (κ3) is 3.59. The van der Waals surface area contributed by atoms with Crippen LogP contribution in [0, 0.1) is 3.57 Å². The van der Waals surface area contributed by atoms with Crippen molar-refractivity contribution in [2.45, 2.75) is 12.8 Å². The van der Waals surface area contributed by atoms with Crippen molar-refractivity contribution in [1.82, 2.24) is 0 Å². The Morgan fingerprint density at radius 1 is 1.24 bits per heavy atom. The van der Waals surface area contributed by atoms with Gasteiger partial charge in [-0.1, -0.05) is 12.1 Å². The third-order valence-corrected chi connectivity index (χ3v) is 3.27. The lowest BCUT2D eigenvalue weighted by atomic mass is 10.2. The normalized spacial score (nSPS) is 10.2. The minimum absolute atomic E-state index is 0.00511. The van der Waals surface area contributed by atoms with Gasteiger partial charge in [0.25, 0.3) is 0 Å². The summed E-state index contributed by atoms with van der Waals surface area (Å²) in [5, 5.41) is 2.88. The second kappa shape index (κ2) is 5.86. The number of hydrogen-bond acceptors (Lipinski definition) is 2. The van der Waals surface area contributed by atoms with Gasteiger partial charge in [0.15, 0.2) is 0 Å². The second-order valence-electron chi connectivity index (χ2n) is 3.61. The van der Waals surface area contributed by atoms with Crippen LogP contribution >= 0.6 is 22.6 Å². The average molecular weight is 341 g/mol. The second-order valence-corrected chi connectivity index (χ2v) is 4.77. The highest BCUT2D eigenvalue weighted by atomic mass is 127. The molecule has 0 radical (unpaired) electrons. The van der Waals surface area contributed by atoms with E-state index in [1.54, 1.807) is 6.26 Å². The van der Waals surface area contributed by atoms with E-state index in [0.717, 1.165) is 15.0 Å². The zero-order valence-electron chi connectivity index (χ0n) is 9.15. The van der Waals surface area contributed by atoms with Gasteiger partial charge >= 0.3 is 0 Å². The molecule has 0 fully saturated rings. The highest BCUT2D eigenvalue weighted by Crippen LogP contribution is 2.17. The van der Waals surface area contributed by atoms with Crippen LogP contribution in [0.4, 0.5) is 5.69 Å². The van der Waals surface area contributed by atoms with Gasteiger partial charge < -0.3 is 9.73 Å². The number of carbonyl (C=O) groups excluding carboxylic acids is 1. The van der Waals surface area contributed by atoms with E-state index < -0.39 is 0 Å². The molecule has 1 N–H and O–H groups in total. The van der Waals surface area contributed by atoms with E-state index in [0.29, 0.717) is 12.8 Å². The zero-order chi connectivity index (χ0) is 12.1. The Kier molecular flexibility index (Phi) is 4.19. The van der Waals surface area contributed by atoms with Gasteiger partial charge in [0.05, 0.1) is 12.0 Å². The topological polar surface area (TPSA) is 42.2 Å². The molecule has 3 nitrogen and oxygen atoms in total. The van der Waals surface area contributed by atoms with Gasteiger partial charge in [-0.2, -0.15) is 0 Å². The molecule has 1 aromatic carbocycles. The molecule has 2 aromatic rings. The summed E-state index contributed by atoms with van der Waals surface area (Å²) in [4.78, 5) is 11.7. The fourth-order valence-electron chi connectivity index (χ4n) is 1.47. The first-order valence-electron chi connectivity index (χ1n) is 5.32. The van der Waals surface area contributed by atoms with Gasteiger partial charge in [-0.15, -0.1) is 0 Å². The molecule has 0 saturated heterocycles. The fourth-order valence-corrected chi connectivity index (χ4v) is 1.99. The number of furan rings is 1. The molecule has 0 atom stereocenters. The van der Waals surface area contributed by atoms with Crippen molar-refractivity contribution in [3.8, 4) is 0 Å². The van der Waals surface area contributed by atoms with Gasteiger partial charge in [0, 0.05) is 16.4 Å². The summed E-state index contributed by atoms with van der Waals surface area (Å²) in [6.45, 7) is 0. The number of benzene rings is 1. The molecule has 1 aromatic heterocycles.